The van der Waals surface area contributed by atoms with Gasteiger partial charge in [-0.05, 0) is 122 Å². The summed E-state index contributed by atoms with van der Waals surface area (Å²) in [4.78, 5) is 38.4. The molecule has 0 saturated heterocycles. The second-order valence-electron chi connectivity index (χ2n) is 22.3. The van der Waals surface area contributed by atoms with Crippen LogP contribution in [0, 0.1) is 0 Å². The van der Waals surface area contributed by atoms with Gasteiger partial charge in [-0.25, -0.2) is 0 Å². The molecule has 0 bridgehead atoms. The normalized spacial score (nSPS) is 12.7. The van der Waals surface area contributed by atoms with Crippen LogP contribution in [0.25, 0.3) is 0 Å². The lowest BCUT2D eigenvalue weighted by atomic mass is 10.1. The predicted octanol–water partition coefficient (Wildman–Crippen LogP) is 23.2. The summed E-state index contributed by atoms with van der Waals surface area (Å²) in [6.45, 7) is 6.53. The molecule has 1 atom stereocenters. The van der Waals surface area contributed by atoms with Gasteiger partial charge in [0.25, 0.3) is 0 Å². The van der Waals surface area contributed by atoms with Gasteiger partial charge in [-0.3, -0.25) is 14.4 Å². The summed E-state index contributed by atoms with van der Waals surface area (Å²) >= 11 is 0. The van der Waals surface area contributed by atoms with E-state index >= 15 is 0 Å². The zero-order chi connectivity index (χ0) is 57.1. The van der Waals surface area contributed by atoms with E-state index < -0.39 is 6.10 Å². The fourth-order valence-electron chi connectivity index (χ4n) is 9.50. The Hall–Kier alpha value is -3.67. The average molecular weight is 1100 g/mol. The van der Waals surface area contributed by atoms with Crippen LogP contribution in [0.1, 0.15) is 329 Å². The minimum atomic E-state index is -0.788. The number of hydrogen-bond donors (Lipinski definition) is 0. The molecule has 0 aliphatic rings. The largest absolute Gasteiger partial charge is 0.462 e. The van der Waals surface area contributed by atoms with E-state index in [4.69, 9.17) is 14.2 Å². The molecule has 454 valence electrons. The van der Waals surface area contributed by atoms with Crippen LogP contribution in [0.4, 0.5) is 0 Å². The van der Waals surface area contributed by atoms with Gasteiger partial charge >= 0.3 is 17.9 Å². The molecule has 0 saturated carbocycles. The lowest BCUT2D eigenvalue weighted by Gasteiger charge is -2.18. The molecule has 0 aromatic rings. The average Bonchev–Trinajstić information content (AvgIpc) is 3.45. The molecule has 6 nitrogen and oxygen atoms in total. The molecule has 1 unspecified atom stereocenters. The standard InChI is InChI=1S/C73H126O6/c1-4-7-10-13-16-19-22-25-28-30-32-34-35-36-37-39-40-42-45-48-51-54-57-60-63-66-72(75)78-69-70(68-77-71(74)65-62-59-56-53-50-47-44-27-24-21-18-15-12-9-6-3)79-73(76)67-64-61-58-55-52-49-46-43-41-38-33-31-29-26-23-20-17-14-11-8-5-2/h7,10,16,19,23,25-28,31-34,36-37,44,70H,4-6,8-9,11-15,17-18,20-22,24,29-30,35,38-43,45-69H2,1-3H3/b10-7-,19-16-,26-23-,28-25-,33-31-,34-32-,37-36-,44-27-. The summed E-state index contributed by atoms with van der Waals surface area (Å²) in [5.41, 5.74) is 0. The highest BCUT2D eigenvalue weighted by Crippen LogP contribution is 2.16. The van der Waals surface area contributed by atoms with Gasteiger partial charge in [0.15, 0.2) is 6.10 Å². The summed E-state index contributed by atoms with van der Waals surface area (Å²) in [7, 11) is 0. The van der Waals surface area contributed by atoms with E-state index in [1.165, 1.54) is 180 Å². The first-order valence-electron chi connectivity index (χ1n) is 33.7. The maximum Gasteiger partial charge on any atom is 0.306 e. The van der Waals surface area contributed by atoms with Gasteiger partial charge < -0.3 is 14.2 Å². The fourth-order valence-corrected chi connectivity index (χ4v) is 9.50. The van der Waals surface area contributed by atoms with E-state index in [-0.39, 0.29) is 31.1 Å². The third-order valence-corrected chi connectivity index (χ3v) is 14.5. The highest BCUT2D eigenvalue weighted by Gasteiger charge is 2.19. The van der Waals surface area contributed by atoms with Crippen molar-refractivity contribution in [2.75, 3.05) is 13.2 Å². The van der Waals surface area contributed by atoms with Crippen molar-refractivity contribution in [1.29, 1.82) is 0 Å². The highest BCUT2D eigenvalue weighted by molar-refractivity contribution is 5.71. The van der Waals surface area contributed by atoms with Gasteiger partial charge in [0.1, 0.15) is 13.2 Å². The van der Waals surface area contributed by atoms with Crippen molar-refractivity contribution in [3.8, 4) is 0 Å². The molecule has 0 rings (SSSR count). The number of allylic oxidation sites excluding steroid dienone is 16. The molecular weight excluding hydrogens is 973 g/mol. The number of rotatable bonds is 61. The van der Waals surface area contributed by atoms with Crippen LogP contribution >= 0.6 is 0 Å². The van der Waals surface area contributed by atoms with Crippen LogP contribution in [0.15, 0.2) is 97.2 Å². The maximum atomic E-state index is 12.9. The quantitative estimate of drug-likeness (QED) is 0.0261. The minimum absolute atomic E-state index is 0.0840. The molecule has 0 N–H and O–H groups in total. The van der Waals surface area contributed by atoms with Crippen LogP contribution in [0.5, 0.6) is 0 Å². The summed E-state index contributed by atoms with van der Waals surface area (Å²) in [6, 6.07) is 0. The van der Waals surface area contributed by atoms with E-state index in [1.54, 1.807) is 0 Å². The molecule has 0 aromatic heterocycles. The molecule has 0 fully saturated rings. The molecule has 0 heterocycles. The second-order valence-corrected chi connectivity index (χ2v) is 22.3. The molecule has 0 aromatic carbocycles. The lowest BCUT2D eigenvalue weighted by Crippen LogP contribution is -2.30. The minimum Gasteiger partial charge on any atom is -0.462 e. The maximum absolute atomic E-state index is 12.9. The van der Waals surface area contributed by atoms with E-state index in [0.717, 1.165) is 109 Å². The van der Waals surface area contributed by atoms with E-state index in [9.17, 15) is 14.4 Å². The van der Waals surface area contributed by atoms with Crippen molar-refractivity contribution in [3.63, 3.8) is 0 Å². The highest BCUT2D eigenvalue weighted by atomic mass is 16.6. The van der Waals surface area contributed by atoms with Crippen LogP contribution in [-0.2, 0) is 28.6 Å². The Bertz CT molecular complexity index is 1540. The molecule has 0 spiro atoms. The van der Waals surface area contributed by atoms with Gasteiger partial charge in [0.05, 0.1) is 0 Å². The van der Waals surface area contributed by atoms with Gasteiger partial charge in [-0.1, -0.05) is 285 Å². The summed E-state index contributed by atoms with van der Waals surface area (Å²) in [6.07, 6.45) is 89.8. The van der Waals surface area contributed by atoms with Gasteiger partial charge in [0, 0.05) is 19.3 Å². The van der Waals surface area contributed by atoms with Crippen molar-refractivity contribution in [2.45, 2.75) is 335 Å². The number of unbranched alkanes of at least 4 members (excludes halogenated alkanes) is 34. The van der Waals surface area contributed by atoms with Crippen molar-refractivity contribution >= 4 is 17.9 Å². The Morgan fingerprint density at radius 2 is 0.494 bits per heavy atom. The van der Waals surface area contributed by atoms with Crippen LogP contribution in [0.2, 0.25) is 0 Å². The molecule has 0 amide bonds. The van der Waals surface area contributed by atoms with E-state index in [0.29, 0.717) is 19.3 Å². The molecule has 6 heteroatoms. The number of carbonyl (C=O) groups excluding carboxylic acids is 3. The summed E-state index contributed by atoms with van der Waals surface area (Å²) in [5.74, 6) is -0.889. The van der Waals surface area contributed by atoms with Crippen molar-refractivity contribution in [3.05, 3.63) is 97.2 Å². The van der Waals surface area contributed by atoms with Crippen LogP contribution < -0.4 is 0 Å². The molecule has 0 radical (unpaired) electrons. The lowest BCUT2D eigenvalue weighted by molar-refractivity contribution is -0.167. The Labute approximate surface area is 489 Å². The topological polar surface area (TPSA) is 78.9 Å². The SMILES string of the molecule is CC/C=C\C/C=C\C/C=C\C/C=C\C/C=C\CCCCCCCCCCCC(=O)OCC(COC(=O)CCCCCCC/C=C\CCCCCCCC)OC(=O)CCCCCCCCCCC/C=C\C/C=C\CCCCCCC. The Morgan fingerprint density at radius 1 is 0.266 bits per heavy atom. The van der Waals surface area contributed by atoms with Gasteiger partial charge in [-0.15, -0.1) is 0 Å². The van der Waals surface area contributed by atoms with Crippen molar-refractivity contribution in [1.82, 2.24) is 0 Å². The first-order chi connectivity index (χ1) is 39.0. The smallest absolute Gasteiger partial charge is 0.306 e. The monoisotopic (exact) mass is 1100 g/mol. The van der Waals surface area contributed by atoms with Crippen molar-refractivity contribution in [2.24, 2.45) is 0 Å². The Balaban J connectivity index is 4.37. The fraction of sp³-hybridized carbons (Fsp3) is 0.740. The zero-order valence-corrected chi connectivity index (χ0v) is 52.1. The predicted molar refractivity (Wildman–Crippen MR) is 344 cm³/mol. The third-order valence-electron chi connectivity index (χ3n) is 14.5. The molecular formula is C73H126O6. The van der Waals surface area contributed by atoms with E-state index in [1.807, 2.05) is 0 Å². The summed E-state index contributed by atoms with van der Waals surface area (Å²) < 4.78 is 17.0. The number of carbonyl (C=O) groups is 3. The third kappa shape index (κ3) is 65.0. The Morgan fingerprint density at radius 3 is 0.785 bits per heavy atom. The molecule has 79 heavy (non-hydrogen) atoms. The first-order valence-corrected chi connectivity index (χ1v) is 33.7. The summed E-state index contributed by atoms with van der Waals surface area (Å²) in [5, 5.41) is 0. The Kier molecular flexibility index (Phi) is 63.7. The number of ether oxygens (including phenoxy) is 3. The number of esters is 3. The number of hydrogen-bond acceptors (Lipinski definition) is 6. The van der Waals surface area contributed by atoms with Gasteiger partial charge in [-0.2, -0.15) is 0 Å². The first kappa shape index (κ1) is 75.3. The molecule has 0 aliphatic carbocycles. The zero-order valence-electron chi connectivity index (χ0n) is 52.1. The van der Waals surface area contributed by atoms with Gasteiger partial charge in [0.2, 0.25) is 0 Å². The molecule has 0 aliphatic heterocycles. The van der Waals surface area contributed by atoms with Crippen LogP contribution in [0.3, 0.4) is 0 Å². The van der Waals surface area contributed by atoms with Crippen LogP contribution in [-0.4, -0.2) is 37.2 Å². The van der Waals surface area contributed by atoms with E-state index in [2.05, 4.69) is 118 Å². The van der Waals surface area contributed by atoms with Crippen molar-refractivity contribution < 1.29 is 28.6 Å². The second kappa shape index (κ2) is 66.8.